The summed E-state index contributed by atoms with van der Waals surface area (Å²) in [5, 5.41) is 14.2. The third kappa shape index (κ3) is 1.51. The van der Waals surface area contributed by atoms with Crippen LogP contribution in [0.5, 0.6) is 0 Å². The number of aromatic nitrogens is 3. The number of carboxylic acid groups (broad SMARTS) is 1. The standard InChI is InChI=1S/C13H16ClN3O2/c14-11-15-7-17(16-11)13-4-8-1-9(5-13)3-12(2-8,6-13)10(18)19/h7-9H,1-6H2,(H,18,19)/t8-,9-,12?,13?/m0/s1. The summed E-state index contributed by atoms with van der Waals surface area (Å²) in [6.07, 6.45) is 7.26. The van der Waals surface area contributed by atoms with Crippen molar-refractivity contribution in [2.24, 2.45) is 17.3 Å². The van der Waals surface area contributed by atoms with E-state index in [1.807, 2.05) is 4.68 Å². The Balaban J connectivity index is 1.80. The van der Waals surface area contributed by atoms with Gasteiger partial charge in [-0.1, -0.05) is 0 Å². The van der Waals surface area contributed by atoms with Crippen LogP contribution >= 0.6 is 11.6 Å². The number of hydrogen-bond acceptors (Lipinski definition) is 3. The van der Waals surface area contributed by atoms with E-state index in [2.05, 4.69) is 10.1 Å². The molecule has 0 radical (unpaired) electrons. The van der Waals surface area contributed by atoms with Gasteiger partial charge in [0.15, 0.2) is 0 Å². The molecule has 5 nitrogen and oxygen atoms in total. The summed E-state index contributed by atoms with van der Waals surface area (Å²) in [6, 6.07) is 0. The molecule has 1 aromatic rings. The number of nitrogens with zero attached hydrogens (tertiary/aromatic N) is 3. The lowest BCUT2D eigenvalue weighted by atomic mass is 9.47. The van der Waals surface area contributed by atoms with Crippen LogP contribution in [-0.4, -0.2) is 25.8 Å². The first-order chi connectivity index (χ1) is 9.01. The van der Waals surface area contributed by atoms with Crippen molar-refractivity contribution >= 4 is 17.6 Å². The molecule has 4 fully saturated rings. The van der Waals surface area contributed by atoms with Crippen molar-refractivity contribution < 1.29 is 9.90 Å². The zero-order valence-electron chi connectivity index (χ0n) is 10.5. The van der Waals surface area contributed by atoms with Gasteiger partial charge in [0.2, 0.25) is 5.28 Å². The van der Waals surface area contributed by atoms with Gasteiger partial charge < -0.3 is 5.11 Å². The molecule has 0 spiro atoms. The van der Waals surface area contributed by atoms with Crippen LogP contribution in [0.15, 0.2) is 6.33 Å². The number of carboxylic acids is 1. The second-order valence-corrected chi connectivity index (χ2v) is 7.07. The van der Waals surface area contributed by atoms with Gasteiger partial charge in [-0.3, -0.25) is 4.79 Å². The summed E-state index contributed by atoms with van der Waals surface area (Å²) in [4.78, 5) is 15.8. The van der Waals surface area contributed by atoms with Gasteiger partial charge in [-0.25, -0.2) is 9.67 Å². The van der Waals surface area contributed by atoms with Crippen LogP contribution < -0.4 is 0 Å². The van der Waals surface area contributed by atoms with Gasteiger partial charge in [-0.05, 0) is 62.0 Å². The molecule has 1 aromatic heterocycles. The second-order valence-electron chi connectivity index (χ2n) is 6.73. The highest BCUT2D eigenvalue weighted by atomic mass is 35.5. The number of halogens is 1. The van der Waals surface area contributed by atoms with E-state index >= 15 is 0 Å². The molecule has 0 aromatic carbocycles. The third-order valence-electron chi connectivity index (χ3n) is 5.43. The van der Waals surface area contributed by atoms with Crippen LogP contribution in [0.3, 0.4) is 0 Å². The molecule has 1 N–H and O–H groups in total. The molecule has 19 heavy (non-hydrogen) atoms. The Bertz CT molecular complexity index is 542. The third-order valence-corrected chi connectivity index (χ3v) is 5.61. The average Bonchev–Trinajstić information content (AvgIpc) is 2.74. The fourth-order valence-electron chi connectivity index (χ4n) is 5.20. The maximum absolute atomic E-state index is 11.8. The second kappa shape index (κ2) is 3.51. The Kier molecular flexibility index (Phi) is 2.16. The molecule has 0 unspecified atom stereocenters. The molecule has 102 valence electrons. The lowest BCUT2D eigenvalue weighted by molar-refractivity contribution is -0.173. The van der Waals surface area contributed by atoms with Gasteiger partial charge in [0.1, 0.15) is 6.33 Å². The molecule has 4 aliphatic rings. The highest BCUT2D eigenvalue weighted by Crippen LogP contribution is 2.64. The van der Waals surface area contributed by atoms with Gasteiger partial charge in [-0.2, -0.15) is 0 Å². The van der Waals surface area contributed by atoms with Crippen molar-refractivity contribution in [3.63, 3.8) is 0 Å². The van der Waals surface area contributed by atoms with Crippen molar-refractivity contribution in [1.82, 2.24) is 14.8 Å². The van der Waals surface area contributed by atoms with E-state index < -0.39 is 11.4 Å². The summed E-state index contributed by atoms with van der Waals surface area (Å²) in [7, 11) is 0. The smallest absolute Gasteiger partial charge is 0.309 e. The average molecular weight is 282 g/mol. The predicted molar refractivity (Wildman–Crippen MR) is 67.8 cm³/mol. The van der Waals surface area contributed by atoms with Gasteiger partial charge in [0.25, 0.3) is 0 Å². The Morgan fingerprint density at radius 3 is 2.58 bits per heavy atom. The number of carbonyl (C=O) groups is 1. The molecule has 2 atom stereocenters. The van der Waals surface area contributed by atoms with Crippen LogP contribution in [-0.2, 0) is 10.3 Å². The van der Waals surface area contributed by atoms with Crippen LogP contribution in [0.2, 0.25) is 5.28 Å². The van der Waals surface area contributed by atoms with E-state index in [4.69, 9.17) is 11.6 Å². The Labute approximate surface area is 116 Å². The monoisotopic (exact) mass is 281 g/mol. The minimum atomic E-state index is -0.628. The van der Waals surface area contributed by atoms with Crippen molar-refractivity contribution in [3.8, 4) is 0 Å². The number of rotatable bonds is 2. The minimum Gasteiger partial charge on any atom is -0.481 e. The molecule has 4 aliphatic carbocycles. The van der Waals surface area contributed by atoms with Crippen molar-refractivity contribution in [2.45, 2.75) is 44.1 Å². The molecule has 5 rings (SSSR count). The molecule has 0 aliphatic heterocycles. The summed E-state index contributed by atoms with van der Waals surface area (Å²) < 4.78 is 1.85. The van der Waals surface area contributed by atoms with Gasteiger partial charge >= 0.3 is 5.97 Å². The summed E-state index contributed by atoms with van der Waals surface area (Å²) >= 11 is 5.84. The quantitative estimate of drug-likeness (QED) is 0.903. The minimum absolute atomic E-state index is 0.164. The highest BCUT2D eigenvalue weighted by Gasteiger charge is 2.62. The Morgan fingerprint density at radius 2 is 2.05 bits per heavy atom. The Morgan fingerprint density at radius 1 is 1.37 bits per heavy atom. The first-order valence-corrected chi connectivity index (χ1v) is 7.20. The summed E-state index contributed by atoms with van der Waals surface area (Å²) in [5.41, 5.74) is -0.703. The van der Waals surface area contributed by atoms with E-state index in [0.717, 1.165) is 25.7 Å². The molecule has 6 heteroatoms. The van der Waals surface area contributed by atoms with E-state index in [0.29, 0.717) is 18.3 Å². The lowest BCUT2D eigenvalue weighted by Gasteiger charge is -2.60. The first kappa shape index (κ1) is 11.7. The van der Waals surface area contributed by atoms with Crippen LogP contribution in [0.25, 0.3) is 0 Å². The van der Waals surface area contributed by atoms with Crippen LogP contribution in [0.1, 0.15) is 38.5 Å². The Hall–Kier alpha value is -1.10. The zero-order valence-corrected chi connectivity index (χ0v) is 11.3. The van der Waals surface area contributed by atoms with Crippen molar-refractivity contribution in [3.05, 3.63) is 11.6 Å². The van der Waals surface area contributed by atoms with E-state index in [9.17, 15) is 9.90 Å². The molecular weight excluding hydrogens is 266 g/mol. The lowest BCUT2D eigenvalue weighted by Crippen LogP contribution is -2.59. The highest BCUT2D eigenvalue weighted by molar-refractivity contribution is 6.28. The van der Waals surface area contributed by atoms with Gasteiger partial charge in [0, 0.05) is 0 Å². The first-order valence-electron chi connectivity index (χ1n) is 6.82. The van der Waals surface area contributed by atoms with E-state index in [-0.39, 0.29) is 10.8 Å². The molecule has 0 saturated heterocycles. The molecule has 1 heterocycles. The zero-order chi connectivity index (χ0) is 13.3. The van der Waals surface area contributed by atoms with Crippen LogP contribution in [0.4, 0.5) is 0 Å². The molecule has 0 amide bonds. The number of aliphatic carboxylic acids is 1. The fraction of sp³-hybridized carbons (Fsp3) is 0.769. The molecule has 4 bridgehead atoms. The molecule has 4 saturated carbocycles. The van der Waals surface area contributed by atoms with Crippen molar-refractivity contribution in [2.75, 3.05) is 0 Å². The maximum atomic E-state index is 11.8. The summed E-state index contributed by atoms with van der Waals surface area (Å²) in [6.45, 7) is 0. The molecular formula is C13H16ClN3O2. The largest absolute Gasteiger partial charge is 0.481 e. The van der Waals surface area contributed by atoms with Gasteiger partial charge in [-0.15, -0.1) is 5.10 Å². The van der Waals surface area contributed by atoms with E-state index in [1.165, 1.54) is 6.42 Å². The van der Waals surface area contributed by atoms with Crippen LogP contribution in [0, 0.1) is 17.3 Å². The normalized spacial score (nSPS) is 43.6. The SMILES string of the molecule is O=C(O)C12C[C@@H]3C[C@@H](C1)CC(n1cnc(Cl)n1)(C3)C2. The summed E-state index contributed by atoms with van der Waals surface area (Å²) in [5.74, 6) is 0.401. The van der Waals surface area contributed by atoms with Gasteiger partial charge in [0.05, 0.1) is 11.0 Å². The van der Waals surface area contributed by atoms with E-state index in [1.54, 1.807) is 6.33 Å². The predicted octanol–water partition coefficient (Wildman–Crippen LogP) is 2.31. The topological polar surface area (TPSA) is 68.0 Å². The number of hydrogen-bond donors (Lipinski definition) is 1. The fourth-order valence-corrected chi connectivity index (χ4v) is 5.33. The van der Waals surface area contributed by atoms with Crippen molar-refractivity contribution in [1.29, 1.82) is 0 Å². The maximum Gasteiger partial charge on any atom is 0.309 e.